The quantitative estimate of drug-likeness (QED) is 0.420. The lowest BCUT2D eigenvalue weighted by Crippen LogP contribution is -2.16. The summed E-state index contributed by atoms with van der Waals surface area (Å²) in [5.74, 6) is 4.34. The number of hydrogen-bond acceptors (Lipinski definition) is 6. The molecule has 6 nitrogen and oxygen atoms in total. The fraction of sp³-hybridized carbons (Fsp3) is 0.625. The van der Waals surface area contributed by atoms with Crippen LogP contribution >= 0.6 is 0 Å². The summed E-state index contributed by atoms with van der Waals surface area (Å²) in [6, 6.07) is 12.8. The van der Waals surface area contributed by atoms with Crippen LogP contribution in [0.1, 0.15) is 87.2 Å². The van der Waals surface area contributed by atoms with Gasteiger partial charge < -0.3 is 28.4 Å². The van der Waals surface area contributed by atoms with Gasteiger partial charge in [-0.15, -0.1) is 0 Å². The van der Waals surface area contributed by atoms with Gasteiger partial charge in [0.05, 0.1) is 26.4 Å². The molecular formula is C32H44O6. The van der Waals surface area contributed by atoms with Crippen molar-refractivity contribution in [3.8, 4) is 23.0 Å². The average molecular weight is 525 g/mol. The number of fused-ring (bicyclic) bond motifs is 2. The van der Waals surface area contributed by atoms with Gasteiger partial charge in [0.25, 0.3) is 0 Å². The van der Waals surface area contributed by atoms with Crippen LogP contribution in [-0.4, -0.2) is 52.9 Å². The molecule has 2 fully saturated rings. The fourth-order valence-electron chi connectivity index (χ4n) is 5.94. The SMILES string of the molecule is c1cc2c(cc1C1CCCCC1)OCCOCCOc1ccc(C3CCCCC3)cc1OCCOCCO2. The van der Waals surface area contributed by atoms with Crippen LogP contribution < -0.4 is 18.9 Å². The van der Waals surface area contributed by atoms with Gasteiger partial charge in [0.15, 0.2) is 23.0 Å². The first-order valence-electron chi connectivity index (χ1n) is 14.8. The van der Waals surface area contributed by atoms with E-state index in [1.165, 1.54) is 75.3 Å². The molecule has 2 aliphatic carbocycles. The molecule has 0 N–H and O–H groups in total. The molecule has 2 saturated carbocycles. The average Bonchev–Trinajstić information content (AvgIpc) is 2.97. The zero-order valence-corrected chi connectivity index (χ0v) is 22.8. The number of hydrogen-bond donors (Lipinski definition) is 0. The molecule has 1 heterocycles. The lowest BCUT2D eigenvalue weighted by atomic mass is 9.84. The van der Waals surface area contributed by atoms with Gasteiger partial charge in [-0.3, -0.25) is 0 Å². The number of rotatable bonds is 2. The fourth-order valence-corrected chi connectivity index (χ4v) is 5.94. The Labute approximate surface area is 227 Å². The lowest BCUT2D eigenvalue weighted by Gasteiger charge is -2.23. The highest BCUT2D eigenvalue weighted by molar-refractivity contribution is 5.45. The highest BCUT2D eigenvalue weighted by Crippen LogP contribution is 2.38. The number of benzene rings is 2. The molecule has 38 heavy (non-hydrogen) atoms. The Morgan fingerprint density at radius 1 is 0.395 bits per heavy atom. The van der Waals surface area contributed by atoms with E-state index >= 15 is 0 Å². The van der Waals surface area contributed by atoms with Gasteiger partial charge in [0, 0.05) is 0 Å². The van der Waals surface area contributed by atoms with Crippen molar-refractivity contribution in [3.05, 3.63) is 47.5 Å². The van der Waals surface area contributed by atoms with E-state index in [1.807, 2.05) is 0 Å². The first-order valence-corrected chi connectivity index (χ1v) is 14.8. The second-order valence-corrected chi connectivity index (χ2v) is 10.7. The third-order valence-corrected chi connectivity index (χ3v) is 8.03. The Hall–Kier alpha value is -2.44. The van der Waals surface area contributed by atoms with E-state index in [9.17, 15) is 0 Å². The van der Waals surface area contributed by atoms with Crippen LogP contribution in [0.3, 0.4) is 0 Å². The molecule has 0 aromatic heterocycles. The summed E-state index contributed by atoms with van der Waals surface area (Å²) < 4.78 is 36.1. The monoisotopic (exact) mass is 524 g/mol. The van der Waals surface area contributed by atoms with Crippen LogP contribution in [0, 0.1) is 0 Å². The minimum atomic E-state index is 0.459. The summed E-state index contributed by atoms with van der Waals surface area (Å²) in [6.45, 7) is 3.80. The van der Waals surface area contributed by atoms with Crippen molar-refractivity contribution in [2.45, 2.75) is 76.0 Å². The van der Waals surface area contributed by atoms with E-state index in [1.54, 1.807) is 0 Å². The third-order valence-electron chi connectivity index (χ3n) is 8.03. The van der Waals surface area contributed by atoms with Crippen LogP contribution in [0.15, 0.2) is 36.4 Å². The van der Waals surface area contributed by atoms with Crippen molar-refractivity contribution in [2.24, 2.45) is 0 Å². The van der Waals surface area contributed by atoms with Gasteiger partial charge in [-0.1, -0.05) is 50.7 Å². The molecule has 0 atom stereocenters. The third kappa shape index (κ3) is 7.79. The van der Waals surface area contributed by atoms with Crippen molar-refractivity contribution in [1.29, 1.82) is 0 Å². The maximum atomic E-state index is 6.14. The molecule has 3 aliphatic rings. The van der Waals surface area contributed by atoms with Crippen LogP contribution in [0.4, 0.5) is 0 Å². The van der Waals surface area contributed by atoms with Crippen LogP contribution in [-0.2, 0) is 9.47 Å². The van der Waals surface area contributed by atoms with Crippen molar-refractivity contribution in [3.63, 3.8) is 0 Å². The maximum Gasteiger partial charge on any atom is 0.161 e. The Morgan fingerprint density at radius 2 is 0.763 bits per heavy atom. The minimum absolute atomic E-state index is 0.459. The predicted octanol–water partition coefficient (Wildman–Crippen LogP) is 7.04. The summed E-state index contributed by atoms with van der Waals surface area (Å²) >= 11 is 0. The van der Waals surface area contributed by atoms with E-state index in [-0.39, 0.29) is 0 Å². The molecule has 0 radical (unpaired) electrons. The summed E-state index contributed by atoms with van der Waals surface area (Å²) in [5.41, 5.74) is 2.70. The normalized spacial score (nSPS) is 21.3. The molecule has 2 aromatic carbocycles. The first kappa shape index (κ1) is 27.1. The zero-order chi connectivity index (χ0) is 25.8. The Bertz CT molecular complexity index is 900. The van der Waals surface area contributed by atoms with Crippen molar-refractivity contribution >= 4 is 0 Å². The van der Waals surface area contributed by atoms with E-state index in [0.717, 1.165) is 23.0 Å². The van der Waals surface area contributed by atoms with E-state index in [4.69, 9.17) is 28.4 Å². The molecule has 0 amide bonds. The molecule has 0 unspecified atom stereocenters. The van der Waals surface area contributed by atoms with E-state index < -0.39 is 0 Å². The smallest absolute Gasteiger partial charge is 0.161 e. The second-order valence-electron chi connectivity index (χ2n) is 10.7. The van der Waals surface area contributed by atoms with Gasteiger partial charge in [-0.05, 0) is 72.9 Å². The molecule has 208 valence electrons. The van der Waals surface area contributed by atoms with Crippen LogP contribution in [0.25, 0.3) is 0 Å². The Morgan fingerprint density at radius 3 is 1.16 bits per heavy atom. The van der Waals surface area contributed by atoms with Crippen LogP contribution in [0.2, 0.25) is 0 Å². The van der Waals surface area contributed by atoms with Crippen molar-refractivity contribution in [2.75, 3.05) is 52.9 Å². The topological polar surface area (TPSA) is 55.4 Å². The molecule has 0 saturated heterocycles. The summed E-state index contributed by atoms with van der Waals surface area (Å²) in [4.78, 5) is 0. The van der Waals surface area contributed by atoms with Gasteiger partial charge in [0.2, 0.25) is 0 Å². The Kier molecular flexibility index (Phi) is 10.5. The maximum absolute atomic E-state index is 6.14. The number of ether oxygens (including phenoxy) is 6. The molecule has 1 aliphatic heterocycles. The zero-order valence-electron chi connectivity index (χ0n) is 22.8. The molecule has 6 heteroatoms. The van der Waals surface area contributed by atoms with Gasteiger partial charge in [0.1, 0.15) is 26.4 Å². The summed E-state index contributed by atoms with van der Waals surface area (Å²) in [6.07, 6.45) is 12.9. The largest absolute Gasteiger partial charge is 0.487 e. The molecule has 2 aromatic rings. The van der Waals surface area contributed by atoms with Crippen molar-refractivity contribution in [1.82, 2.24) is 0 Å². The van der Waals surface area contributed by atoms with Gasteiger partial charge in [-0.2, -0.15) is 0 Å². The second kappa shape index (κ2) is 14.6. The van der Waals surface area contributed by atoms with Gasteiger partial charge in [-0.25, -0.2) is 0 Å². The standard InChI is InChI=1S/C32H44O6/c1-3-7-25(8-4-1)27-11-13-29-31(23-27)37-21-17-33-16-20-36-30-14-12-28(26-9-5-2-6-10-26)24-32(30)38-22-18-34-15-19-35-29/h11-14,23-26H,1-10,15-22H2. The van der Waals surface area contributed by atoms with Crippen LogP contribution in [0.5, 0.6) is 23.0 Å². The highest BCUT2D eigenvalue weighted by atomic mass is 16.6. The molecule has 5 rings (SSSR count). The van der Waals surface area contributed by atoms with Crippen molar-refractivity contribution < 1.29 is 28.4 Å². The predicted molar refractivity (Wildman–Crippen MR) is 148 cm³/mol. The molecule has 0 spiro atoms. The first-order chi connectivity index (χ1) is 18.9. The van der Waals surface area contributed by atoms with Gasteiger partial charge >= 0.3 is 0 Å². The molecule has 0 bridgehead atoms. The summed E-state index contributed by atoms with van der Waals surface area (Å²) in [7, 11) is 0. The minimum Gasteiger partial charge on any atom is -0.487 e. The van der Waals surface area contributed by atoms with E-state index in [2.05, 4.69) is 36.4 Å². The summed E-state index contributed by atoms with van der Waals surface area (Å²) in [5, 5.41) is 0. The lowest BCUT2D eigenvalue weighted by molar-refractivity contribution is 0.0639. The Balaban J connectivity index is 1.19. The highest BCUT2D eigenvalue weighted by Gasteiger charge is 2.19. The molecular weight excluding hydrogens is 480 g/mol. The van der Waals surface area contributed by atoms with E-state index in [0.29, 0.717) is 64.7 Å².